The highest BCUT2D eigenvalue weighted by atomic mass is 16.6. The third kappa shape index (κ3) is 3.70. The van der Waals surface area contributed by atoms with Gasteiger partial charge in [-0.1, -0.05) is 18.2 Å². The summed E-state index contributed by atoms with van der Waals surface area (Å²) in [7, 11) is 0. The molecule has 1 saturated heterocycles. The molecule has 1 aromatic heterocycles. The number of carbonyl (C=O) groups excluding carboxylic acids is 1. The van der Waals surface area contributed by atoms with E-state index >= 15 is 0 Å². The minimum Gasteiger partial charge on any atom is -0.459 e. The van der Waals surface area contributed by atoms with E-state index in [0.29, 0.717) is 17.5 Å². The molecule has 0 saturated carbocycles. The Balaban J connectivity index is 1.66. The van der Waals surface area contributed by atoms with E-state index in [2.05, 4.69) is 4.98 Å². The Bertz CT molecular complexity index is 874. The van der Waals surface area contributed by atoms with Crippen LogP contribution in [0.15, 0.2) is 46.1 Å². The van der Waals surface area contributed by atoms with Crippen molar-refractivity contribution in [3.63, 3.8) is 0 Å². The van der Waals surface area contributed by atoms with Crippen molar-refractivity contribution in [3.05, 3.63) is 68.5 Å². The van der Waals surface area contributed by atoms with Crippen molar-refractivity contribution < 1.29 is 14.3 Å². The van der Waals surface area contributed by atoms with Crippen molar-refractivity contribution in [2.75, 3.05) is 6.61 Å². The largest absolute Gasteiger partial charge is 0.459 e. The molecule has 0 amide bonds. The molecule has 2 heterocycles. The number of nitrogens with zero attached hydrogens (tertiary/aromatic N) is 1. The lowest BCUT2D eigenvalue weighted by molar-refractivity contribution is -0.0363. The van der Waals surface area contributed by atoms with Crippen molar-refractivity contribution in [2.45, 2.75) is 31.7 Å². The SMILES string of the molecule is Cc1cn([C@H]2C[C@H](N)[C@@H](COC(=O)c3ccccc3)O2)c(=O)[nH]c1=O. The van der Waals surface area contributed by atoms with Crippen molar-refractivity contribution in [2.24, 2.45) is 5.73 Å². The molecule has 0 radical (unpaired) electrons. The van der Waals surface area contributed by atoms with Crippen LogP contribution in [0.5, 0.6) is 0 Å². The number of esters is 1. The van der Waals surface area contributed by atoms with Gasteiger partial charge in [-0.05, 0) is 19.1 Å². The maximum absolute atomic E-state index is 12.0. The lowest BCUT2D eigenvalue weighted by Gasteiger charge is -2.16. The normalized spacial score (nSPS) is 22.7. The van der Waals surface area contributed by atoms with Crippen LogP contribution >= 0.6 is 0 Å². The van der Waals surface area contributed by atoms with Crippen LogP contribution in [-0.4, -0.2) is 34.3 Å². The van der Waals surface area contributed by atoms with Gasteiger partial charge >= 0.3 is 11.7 Å². The van der Waals surface area contributed by atoms with Gasteiger partial charge in [0.15, 0.2) is 0 Å². The summed E-state index contributed by atoms with van der Waals surface area (Å²) in [5.74, 6) is -0.461. The van der Waals surface area contributed by atoms with Gasteiger partial charge in [0.05, 0.1) is 5.56 Å². The van der Waals surface area contributed by atoms with Gasteiger partial charge in [0.1, 0.15) is 18.9 Å². The van der Waals surface area contributed by atoms with E-state index in [1.54, 1.807) is 37.3 Å². The lowest BCUT2D eigenvalue weighted by Crippen LogP contribution is -2.34. The molecular weight excluding hydrogens is 326 g/mol. The standard InChI is InChI=1S/C17H19N3O5/c1-10-8-20(17(23)19-15(10)21)14-7-12(18)13(25-14)9-24-16(22)11-5-3-2-4-6-11/h2-6,8,12-14H,7,9,18H2,1H3,(H,19,21,23)/t12-,13+,14+/m0/s1. The predicted molar refractivity (Wildman–Crippen MR) is 89.3 cm³/mol. The molecule has 1 aliphatic heterocycles. The van der Waals surface area contributed by atoms with E-state index in [0.717, 1.165) is 0 Å². The molecule has 25 heavy (non-hydrogen) atoms. The highest BCUT2D eigenvalue weighted by molar-refractivity contribution is 5.89. The van der Waals surface area contributed by atoms with Crippen LogP contribution in [0, 0.1) is 6.92 Å². The van der Waals surface area contributed by atoms with Crippen LogP contribution in [-0.2, 0) is 9.47 Å². The fourth-order valence-electron chi connectivity index (χ4n) is 2.70. The molecule has 8 nitrogen and oxygen atoms in total. The Morgan fingerprint density at radius 2 is 2.08 bits per heavy atom. The zero-order valence-corrected chi connectivity index (χ0v) is 13.7. The minimum absolute atomic E-state index is 0.0114. The number of benzene rings is 1. The maximum Gasteiger partial charge on any atom is 0.338 e. The number of hydrogen-bond donors (Lipinski definition) is 2. The van der Waals surface area contributed by atoms with E-state index in [4.69, 9.17) is 15.2 Å². The molecule has 1 fully saturated rings. The fourth-order valence-corrected chi connectivity index (χ4v) is 2.70. The van der Waals surface area contributed by atoms with E-state index in [-0.39, 0.29) is 6.61 Å². The number of carbonyl (C=O) groups is 1. The summed E-state index contributed by atoms with van der Waals surface area (Å²) in [5.41, 5.74) is 5.89. The van der Waals surface area contributed by atoms with Crippen LogP contribution in [0.4, 0.5) is 0 Å². The first-order valence-corrected chi connectivity index (χ1v) is 7.91. The Morgan fingerprint density at radius 3 is 2.80 bits per heavy atom. The molecule has 0 unspecified atom stereocenters. The van der Waals surface area contributed by atoms with Crippen LogP contribution in [0.3, 0.4) is 0 Å². The topological polar surface area (TPSA) is 116 Å². The number of ether oxygens (including phenoxy) is 2. The summed E-state index contributed by atoms with van der Waals surface area (Å²) in [6.45, 7) is 1.59. The first kappa shape index (κ1) is 17.1. The van der Waals surface area contributed by atoms with Gasteiger partial charge in [0, 0.05) is 24.2 Å². The van der Waals surface area contributed by atoms with E-state index in [9.17, 15) is 14.4 Å². The molecule has 132 valence electrons. The van der Waals surface area contributed by atoms with Crippen LogP contribution in [0.1, 0.15) is 28.6 Å². The average Bonchev–Trinajstić information content (AvgIpc) is 2.97. The van der Waals surface area contributed by atoms with Crippen molar-refractivity contribution in [1.29, 1.82) is 0 Å². The summed E-state index contributed by atoms with van der Waals surface area (Å²) in [6, 6.07) is 8.21. The first-order valence-electron chi connectivity index (χ1n) is 7.91. The van der Waals surface area contributed by atoms with Gasteiger partial charge in [-0.3, -0.25) is 14.3 Å². The van der Waals surface area contributed by atoms with E-state index in [1.807, 2.05) is 0 Å². The number of nitrogens with two attached hydrogens (primary N) is 1. The number of hydrogen-bond acceptors (Lipinski definition) is 6. The van der Waals surface area contributed by atoms with E-state index in [1.165, 1.54) is 10.8 Å². The number of aromatic amines is 1. The third-order valence-electron chi connectivity index (χ3n) is 4.13. The Morgan fingerprint density at radius 1 is 1.36 bits per heavy atom. The summed E-state index contributed by atoms with van der Waals surface area (Å²) >= 11 is 0. The molecule has 1 aliphatic rings. The van der Waals surface area contributed by atoms with Crippen molar-refractivity contribution in [3.8, 4) is 0 Å². The molecule has 3 rings (SSSR count). The smallest absolute Gasteiger partial charge is 0.338 e. The maximum atomic E-state index is 12.0. The Labute approximate surface area is 143 Å². The third-order valence-corrected chi connectivity index (χ3v) is 4.13. The number of H-pyrrole nitrogens is 1. The van der Waals surface area contributed by atoms with E-state index < -0.39 is 35.6 Å². The monoisotopic (exact) mass is 345 g/mol. The first-order chi connectivity index (χ1) is 12.0. The molecule has 8 heteroatoms. The van der Waals surface area contributed by atoms with Gasteiger partial charge < -0.3 is 15.2 Å². The number of aromatic nitrogens is 2. The van der Waals surface area contributed by atoms with Gasteiger partial charge in [-0.25, -0.2) is 9.59 Å². The highest BCUT2D eigenvalue weighted by Crippen LogP contribution is 2.26. The number of nitrogens with one attached hydrogen (secondary N) is 1. The Hall–Kier alpha value is -2.71. The highest BCUT2D eigenvalue weighted by Gasteiger charge is 2.35. The lowest BCUT2D eigenvalue weighted by atomic mass is 10.1. The van der Waals surface area contributed by atoms with Crippen LogP contribution < -0.4 is 17.0 Å². The zero-order valence-electron chi connectivity index (χ0n) is 13.7. The second-order valence-electron chi connectivity index (χ2n) is 5.97. The zero-order chi connectivity index (χ0) is 18.0. The summed E-state index contributed by atoms with van der Waals surface area (Å²) in [4.78, 5) is 37.6. The molecule has 0 bridgehead atoms. The summed E-state index contributed by atoms with van der Waals surface area (Å²) < 4.78 is 12.3. The second kappa shape index (κ2) is 7.04. The van der Waals surface area contributed by atoms with Crippen molar-refractivity contribution >= 4 is 5.97 Å². The van der Waals surface area contributed by atoms with Gasteiger partial charge in [-0.2, -0.15) is 0 Å². The minimum atomic E-state index is -0.613. The molecule has 0 spiro atoms. The van der Waals surface area contributed by atoms with Crippen molar-refractivity contribution in [1.82, 2.24) is 9.55 Å². The summed E-state index contributed by atoms with van der Waals surface area (Å²) in [5, 5.41) is 0. The molecule has 2 aromatic rings. The quantitative estimate of drug-likeness (QED) is 0.771. The molecule has 3 atom stereocenters. The van der Waals surface area contributed by atoms with Crippen LogP contribution in [0.2, 0.25) is 0 Å². The van der Waals surface area contributed by atoms with Gasteiger partial charge in [-0.15, -0.1) is 0 Å². The summed E-state index contributed by atoms with van der Waals surface area (Å²) in [6.07, 6.45) is 0.672. The second-order valence-corrected chi connectivity index (χ2v) is 5.97. The number of aryl methyl sites for hydroxylation is 1. The molecule has 1 aromatic carbocycles. The number of rotatable bonds is 4. The molecule has 0 aliphatic carbocycles. The van der Waals surface area contributed by atoms with Gasteiger partial charge in [0.2, 0.25) is 0 Å². The molecule has 3 N–H and O–H groups in total. The Kier molecular flexibility index (Phi) is 4.82. The molecular formula is C17H19N3O5. The average molecular weight is 345 g/mol. The van der Waals surface area contributed by atoms with Crippen LogP contribution in [0.25, 0.3) is 0 Å². The fraction of sp³-hybridized carbons (Fsp3) is 0.353. The predicted octanol–water partition coefficient (Wildman–Crippen LogP) is 0.317. The van der Waals surface area contributed by atoms with Gasteiger partial charge in [0.25, 0.3) is 5.56 Å².